The van der Waals surface area contributed by atoms with E-state index in [1.54, 1.807) is 0 Å². The number of nitrogens with one attached hydrogen (secondary N) is 2. The van der Waals surface area contributed by atoms with Crippen LogP contribution in [0.25, 0.3) is 0 Å². The molecule has 4 atom stereocenters. The van der Waals surface area contributed by atoms with Crippen molar-refractivity contribution in [2.45, 2.75) is 26.2 Å². The number of likely N-dealkylation sites (tertiary alicyclic amines) is 1. The van der Waals surface area contributed by atoms with E-state index < -0.39 is 6.03 Å². The average molecular weight is 361 g/mol. The van der Waals surface area contributed by atoms with E-state index in [2.05, 4.69) is 20.8 Å². The molecule has 1 saturated heterocycles. The fourth-order valence-corrected chi connectivity index (χ4v) is 4.67. The van der Waals surface area contributed by atoms with Crippen LogP contribution in [0.4, 0.5) is 9.93 Å². The number of carbonyl (C=O) groups excluding carboxylic acids is 3. The van der Waals surface area contributed by atoms with Gasteiger partial charge in [0.05, 0.1) is 11.8 Å². The Kier molecular flexibility index (Phi) is 3.82. The predicted octanol–water partition coefficient (Wildman–Crippen LogP) is 1.55. The van der Waals surface area contributed by atoms with Crippen molar-refractivity contribution in [1.82, 2.24) is 20.4 Å². The molecular formula is C16H19N5O3S. The van der Waals surface area contributed by atoms with Crippen molar-refractivity contribution in [3.8, 4) is 0 Å². The highest BCUT2D eigenvalue weighted by Gasteiger charge is 2.59. The first-order valence-corrected chi connectivity index (χ1v) is 9.19. The largest absolute Gasteiger partial charge is 0.322 e. The van der Waals surface area contributed by atoms with Crippen molar-refractivity contribution in [1.29, 1.82) is 0 Å². The Balaban J connectivity index is 1.34. The summed E-state index contributed by atoms with van der Waals surface area (Å²) in [4.78, 5) is 38.2. The van der Waals surface area contributed by atoms with Gasteiger partial charge in [0.15, 0.2) is 0 Å². The number of amides is 4. The second kappa shape index (κ2) is 5.91. The molecule has 4 amide bonds. The van der Waals surface area contributed by atoms with Crippen molar-refractivity contribution < 1.29 is 14.4 Å². The molecule has 0 spiro atoms. The fraction of sp³-hybridized carbons (Fsp3) is 0.562. The number of nitrogens with zero attached hydrogens (tertiary/aromatic N) is 3. The average Bonchev–Trinajstić information content (AvgIpc) is 3.31. The zero-order valence-corrected chi connectivity index (χ0v) is 14.7. The molecule has 1 aromatic rings. The molecule has 1 saturated carbocycles. The van der Waals surface area contributed by atoms with E-state index >= 15 is 0 Å². The third kappa shape index (κ3) is 2.62. The SMILES string of the molecule is CC(C)c1nnc(NC(=O)NCN2C(=O)C3C4C=CC(C4)C3C2=O)s1. The quantitative estimate of drug-likeness (QED) is 0.625. The van der Waals surface area contributed by atoms with Crippen molar-refractivity contribution in [2.24, 2.45) is 23.7 Å². The van der Waals surface area contributed by atoms with E-state index in [4.69, 9.17) is 0 Å². The number of imide groups is 1. The van der Waals surface area contributed by atoms with Gasteiger partial charge >= 0.3 is 6.03 Å². The Hall–Kier alpha value is -2.29. The van der Waals surface area contributed by atoms with Crippen LogP contribution < -0.4 is 10.6 Å². The van der Waals surface area contributed by atoms with Crippen LogP contribution >= 0.6 is 11.3 Å². The van der Waals surface area contributed by atoms with Crippen LogP contribution in [0.3, 0.4) is 0 Å². The van der Waals surface area contributed by atoms with E-state index in [0.717, 1.165) is 11.4 Å². The maximum absolute atomic E-state index is 12.5. The van der Waals surface area contributed by atoms with Crippen LogP contribution in [-0.2, 0) is 9.59 Å². The third-order valence-electron chi connectivity index (χ3n) is 5.11. The number of urea groups is 1. The standard InChI is InChI=1S/C16H19N5O3S/c1-7(2)12-19-20-16(25-12)18-15(24)17-6-21-13(22)10-8-3-4-9(5-8)11(10)14(21)23/h3-4,7-11H,5-6H2,1-2H3,(H2,17,18,20,24). The molecule has 2 fully saturated rings. The molecule has 132 valence electrons. The molecule has 4 rings (SSSR count). The van der Waals surface area contributed by atoms with Crippen LogP contribution in [0.1, 0.15) is 31.2 Å². The van der Waals surface area contributed by atoms with Crippen molar-refractivity contribution in [2.75, 3.05) is 12.0 Å². The molecule has 2 aliphatic carbocycles. The van der Waals surface area contributed by atoms with Gasteiger partial charge in [-0.1, -0.05) is 37.3 Å². The molecule has 4 unspecified atom stereocenters. The first-order chi connectivity index (χ1) is 12.0. The number of fused-ring (bicyclic) bond motifs is 5. The van der Waals surface area contributed by atoms with Crippen LogP contribution in [0, 0.1) is 23.7 Å². The lowest BCUT2D eigenvalue weighted by molar-refractivity contribution is -0.140. The minimum absolute atomic E-state index is 0.119. The van der Waals surface area contributed by atoms with E-state index in [-0.39, 0.29) is 48.1 Å². The van der Waals surface area contributed by atoms with E-state index in [9.17, 15) is 14.4 Å². The molecule has 1 aromatic heterocycles. The molecule has 1 aliphatic heterocycles. The van der Waals surface area contributed by atoms with Gasteiger partial charge in [-0.15, -0.1) is 10.2 Å². The Morgan fingerprint density at radius 2 is 1.88 bits per heavy atom. The van der Waals surface area contributed by atoms with E-state index in [1.807, 2.05) is 26.0 Å². The smallest absolute Gasteiger partial charge is 0.320 e. The topological polar surface area (TPSA) is 104 Å². The number of aromatic nitrogens is 2. The first-order valence-electron chi connectivity index (χ1n) is 8.37. The van der Waals surface area contributed by atoms with Crippen molar-refractivity contribution in [3.63, 3.8) is 0 Å². The fourth-order valence-electron chi connectivity index (χ4n) is 3.93. The maximum Gasteiger partial charge on any atom is 0.322 e. The Bertz CT molecular complexity index is 744. The van der Waals surface area contributed by atoms with Crippen LogP contribution in [0.5, 0.6) is 0 Å². The first kappa shape index (κ1) is 16.2. The Labute approximate surface area is 148 Å². The predicted molar refractivity (Wildman–Crippen MR) is 90.6 cm³/mol. The Morgan fingerprint density at radius 1 is 1.24 bits per heavy atom. The summed E-state index contributed by atoms with van der Waals surface area (Å²) in [7, 11) is 0. The molecule has 8 nitrogen and oxygen atoms in total. The molecule has 0 radical (unpaired) electrons. The monoisotopic (exact) mass is 361 g/mol. The zero-order valence-electron chi connectivity index (χ0n) is 13.9. The normalized spacial score (nSPS) is 29.6. The summed E-state index contributed by atoms with van der Waals surface area (Å²) in [6, 6.07) is -0.509. The zero-order chi connectivity index (χ0) is 17.7. The van der Waals surface area contributed by atoms with Gasteiger partial charge in [-0.05, 0) is 18.3 Å². The number of hydrogen-bond acceptors (Lipinski definition) is 6. The van der Waals surface area contributed by atoms with Crippen LogP contribution in [0.15, 0.2) is 12.2 Å². The lowest BCUT2D eigenvalue weighted by atomic mass is 9.85. The van der Waals surface area contributed by atoms with Gasteiger partial charge in [0.25, 0.3) is 0 Å². The minimum Gasteiger partial charge on any atom is -0.320 e. The van der Waals surface area contributed by atoms with Gasteiger partial charge in [0, 0.05) is 5.92 Å². The number of hydrogen-bond donors (Lipinski definition) is 2. The lowest BCUT2D eigenvalue weighted by Gasteiger charge is -2.17. The number of anilines is 1. The van der Waals surface area contributed by atoms with Crippen LogP contribution in [-0.4, -0.2) is 39.6 Å². The summed E-state index contributed by atoms with van der Waals surface area (Å²) < 4.78 is 0. The second-order valence-corrected chi connectivity index (χ2v) is 8.00. The number of carbonyl (C=O) groups is 3. The summed E-state index contributed by atoms with van der Waals surface area (Å²) in [5, 5.41) is 14.3. The summed E-state index contributed by atoms with van der Waals surface area (Å²) in [5.41, 5.74) is 0. The lowest BCUT2D eigenvalue weighted by Crippen LogP contribution is -2.43. The van der Waals surface area contributed by atoms with Crippen LogP contribution in [0.2, 0.25) is 0 Å². The van der Waals surface area contributed by atoms with Gasteiger partial charge in [-0.3, -0.25) is 19.8 Å². The summed E-state index contributed by atoms with van der Waals surface area (Å²) in [6.45, 7) is 3.87. The van der Waals surface area contributed by atoms with Gasteiger partial charge in [-0.2, -0.15) is 0 Å². The molecule has 9 heteroatoms. The molecule has 2 N–H and O–H groups in total. The highest BCUT2D eigenvalue weighted by atomic mass is 32.1. The molecule has 3 aliphatic rings. The molecule has 2 bridgehead atoms. The summed E-state index contributed by atoms with van der Waals surface area (Å²) in [6.07, 6.45) is 4.98. The highest BCUT2D eigenvalue weighted by Crippen LogP contribution is 2.52. The van der Waals surface area contributed by atoms with Gasteiger partial charge in [-0.25, -0.2) is 4.79 Å². The summed E-state index contributed by atoms with van der Waals surface area (Å²) >= 11 is 1.30. The number of allylic oxidation sites excluding steroid dienone is 2. The third-order valence-corrected chi connectivity index (χ3v) is 6.25. The molecule has 2 heterocycles. The van der Waals surface area contributed by atoms with E-state index in [0.29, 0.717) is 5.13 Å². The molecular weight excluding hydrogens is 342 g/mol. The van der Waals surface area contributed by atoms with Crippen molar-refractivity contribution >= 4 is 34.3 Å². The molecule has 0 aromatic carbocycles. The number of rotatable bonds is 4. The van der Waals surface area contributed by atoms with Gasteiger partial charge in [0.2, 0.25) is 16.9 Å². The maximum atomic E-state index is 12.5. The van der Waals surface area contributed by atoms with Gasteiger partial charge < -0.3 is 5.32 Å². The summed E-state index contributed by atoms with van der Waals surface area (Å²) in [5.74, 6) is -0.273. The van der Waals surface area contributed by atoms with Gasteiger partial charge in [0.1, 0.15) is 11.7 Å². The molecule has 25 heavy (non-hydrogen) atoms. The highest BCUT2D eigenvalue weighted by molar-refractivity contribution is 7.15. The second-order valence-electron chi connectivity index (χ2n) is 6.99. The Morgan fingerprint density at radius 3 is 2.44 bits per heavy atom. The minimum atomic E-state index is -0.509. The van der Waals surface area contributed by atoms with E-state index in [1.165, 1.54) is 16.2 Å². The van der Waals surface area contributed by atoms with Crippen molar-refractivity contribution in [3.05, 3.63) is 17.2 Å².